The molecule has 6 bridgehead atoms. The minimum absolute atomic E-state index is 0.0206. The molecule has 4 aromatic heterocycles. The number of carbonyl (C=O) groups is 3. The Morgan fingerprint density at radius 3 is 2.66 bits per heavy atom. The second-order valence-electron chi connectivity index (χ2n) is 21.0. The smallest absolute Gasteiger partial charge is 0.324 e. The molecule has 10 rings (SSSR count). The number of ether oxygens (including phenoxy) is 6. The summed E-state index contributed by atoms with van der Waals surface area (Å²) >= 11 is 1.39. The topological polar surface area (TPSA) is 194 Å². The van der Waals surface area contributed by atoms with Gasteiger partial charge in [-0.2, -0.15) is 0 Å². The highest BCUT2D eigenvalue weighted by Crippen LogP contribution is 2.53. The van der Waals surface area contributed by atoms with Crippen LogP contribution in [0.15, 0.2) is 60.5 Å². The first-order valence-electron chi connectivity index (χ1n) is 25.9. The maximum absolute atomic E-state index is 15.2. The quantitative estimate of drug-likeness (QED) is 0.115. The van der Waals surface area contributed by atoms with Gasteiger partial charge < -0.3 is 38.3 Å². The molecule has 7 atom stereocenters. The number of fused-ring (bicyclic) bond motifs is 6. The first kappa shape index (κ1) is 51.2. The van der Waals surface area contributed by atoms with E-state index in [0.717, 1.165) is 57.5 Å². The summed E-state index contributed by atoms with van der Waals surface area (Å²) in [6.45, 7) is 13.2. The Hall–Kier alpha value is -5.25. The fourth-order valence-corrected chi connectivity index (χ4v) is 11.8. The van der Waals surface area contributed by atoms with Crippen molar-refractivity contribution in [3.63, 3.8) is 0 Å². The Morgan fingerprint density at radius 2 is 1.89 bits per heavy atom. The van der Waals surface area contributed by atoms with Gasteiger partial charge in [0.05, 0.1) is 68.4 Å². The number of likely N-dealkylation sites (N-methyl/N-ethyl adjacent to an activating group) is 1. The Bertz CT molecular complexity index is 2740. The summed E-state index contributed by atoms with van der Waals surface area (Å²) in [5.41, 5.74) is 9.88. The summed E-state index contributed by atoms with van der Waals surface area (Å²) in [5, 5.41) is 8.20. The molecule has 73 heavy (non-hydrogen) atoms. The van der Waals surface area contributed by atoms with Gasteiger partial charge in [0.2, 0.25) is 5.91 Å². The number of nitrogens with zero attached hydrogens (tertiary/aromatic N) is 7. The van der Waals surface area contributed by atoms with Crippen LogP contribution in [0.1, 0.15) is 93.5 Å². The molecular formula is C54H69N9O9S. The molecule has 4 fully saturated rings. The van der Waals surface area contributed by atoms with Gasteiger partial charge in [0.15, 0.2) is 0 Å². The predicted molar refractivity (Wildman–Crippen MR) is 273 cm³/mol. The number of benzene rings is 1. The lowest BCUT2D eigenvalue weighted by Gasteiger charge is -2.37. The van der Waals surface area contributed by atoms with Crippen LogP contribution < -0.4 is 10.7 Å². The van der Waals surface area contributed by atoms with E-state index < -0.39 is 41.4 Å². The Morgan fingerprint density at radius 1 is 1.05 bits per heavy atom. The minimum Gasteiger partial charge on any atom is -0.464 e. The fraction of sp³-hybridized carbons (Fsp3) is 0.574. The zero-order valence-corrected chi connectivity index (χ0v) is 43.6. The van der Waals surface area contributed by atoms with Crippen molar-refractivity contribution in [1.29, 1.82) is 0 Å². The van der Waals surface area contributed by atoms with Gasteiger partial charge in [-0.25, -0.2) is 20.4 Å². The number of nitrogens with one attached hydrogen (secondary N) is 2. The summed E-state index contributed by atoms with van der Waals surface area (Å²) in [6, 6.07) is 10.6. The number of amides is 2. The molecule has 1 aliphatic carbocycles. The molecule has 0 spiro atoms. The molecule has 2 N–H and O–H groups in total. The van der Waals surface area contributed by atoms with E-state index in [-0.39, 0.29) is 49.2 Å². The normalized spacial score (nSPS) is 25.3. The third kappa shape index (κ3) is 11.1. The Labute approximate surface area is 430 Å². The number of cyclic esters (lactones) is 1. The number of aromatic nitrogens is 5. The number of methoxy groups -OCH3 is 1. The lowest BCUT2D eigenvalue weighted by molar-refractivity contribution is -0.157. The van der Waals surface area contributed by atoms with Gasteiger partial charge in [-0.05, 0) is 87.9 Å². The van der Waals surface area contributed by atoms with Crippen LogP contribution in [0.5, 0.6) is 0 Å². The number of hydrazine groups is 1. The van der Waals surface area contributed by atoms with Gasteiger partial charge in [0, 0.05) is 103 Å². The largest absolute Gasteiger partial charge is 0.464 e. The first-order chi connectivity index (χ1) is 35.4. The summed E-state index contributed by atoms with van der Waals surface area (Å²) in [5.74, 6) is -1.76. The number of rotatable bonds is 15. The third-order valence-corrected chi connectivity index (χ3v) is 16.3. The highest BCUT2D eigenvalue weighted by Gasteiger charge is 2.54. The number of hydrogen-bond donors (Lipinski definition) is 2. The third-order valence-electron chi connectivity index (χ3n) is 15.4. The SMILES string of the molecule is CO[C@@H](C)c1ncccc1-c1c2c3cc(ccc3n1CCOC1CCOCC1)-c1csc(n1)[C@@H](OCCN(C)C1COC1)[C@H](NC(=O)[C@@H]1[C@@H](C)[C@H]1c1ccncn1)C(=O)N1CCC[C@H](N1)C(=O)OCC(C)(C)C2. The first-order valence-corrected chi connectivity index (χ1v) is 26.8. The summed E-state index contributed by atoms with van der Waals surface area (Å²) < 4.78 is 39.0. The highest BCUT2D eigenvalue weighted by molar-refractivity contribution is 7.10. The molecule has 390 valence electrons. The number of thiazole rings is 1. The van der Waals surface area contributed by atoms with Crippen molar-refractivity contribution in [3.8, 4) is 22.5 Å². The van der Waals surface area contributed by atoms with Crippen molar-refractivity contribution >= 4 is 40.0 Å². The van der Waals surface area contributed by atoms with E-state index in [1.807, 2.05) is 38.4 Å². The minimum atomic E-state index is -1.21. The van der Waals surface area contributed by atoms with Crippen LogP contribution in [0.4, 0.5) is 0 Å². The average Bonchev–Trinajstić information content (AvgIpc) is 3.66. The molecule has 0 unspecified atom stereocenters. The molecule has 0 radical (unpaired) electrons. The van der Waals surface area contributed by atoms with E-state index in [4.69, 9.17) is 38.4 Å². The van der Waals surface area contributed by atoms with E-state index in [9.17, 15) is 9.59 Å². The molecule has 5 aromatic rings. The van der Waals surface area contributed by atoms with Crippen LogP contribution >= 0.6 is 11.3 Å². The van der Waals surface area contributed by atoms with Crippen molar-refractivity contribution in [1.82, 2.24) is 45.2 Å². The predicted octanol–water partition coefficient (Wildman–Crippen LogP) is 6.06. The number of hydrogen-bond acceptors (Lipinski definition) is 16. The maximum atomic E-state index is 15.2. The molecule has 18 nitrogen and oxygen atoms in total. The van der Waals surface area contributed by atoms with Crippen molar-refractivity contribution in [2.24, 2.45) is 17.3 Å². The van der Waals surface area contributed by atoms with Crippen molar-refractivity contribution in [2.45, 2.75) is 109 Å². The zero-order valence-electron chi connectivity index (χ0n) is 42.8. The van der Waals surface area contributed by atoms with Gasteiger partial charge in [-0.3, -0.25) is 29.3 Å². The monoisotopic (exact) mass is 1020 g/mol. The summed E-state index contributed by atoms with van der Waals surface area (Å²) in [6.07, 6.45) is 7.05. The fourth-order valence-electron chi connectivity index (χ4n) is 10.9. The van der Waals surface area contributed by atoms with Crippen molar-refractivity contribution in [3.05, 3.63) is 82.5 Å². The van der Waals surface area contributed by atoms with Gasteiger partial charge in [-0.15, -0.1) is 11.3 Å². The zero-order chi connectivity index (χ0) is 50.8. The number of carbonyl (C=O) groups excluding carboxylic acids is 3. The molecule has 3 saturated heterocycles. The van der Waals surface area contributed by atoms with Gasteiger partial charge in [0.1, 0.15) is 29.5 Å². The van der Waals surface area contributed by atoms with E-state index >= 15 is 4.79 Å². The highest BCUT2D eigenvalue weighted by atomic mass is 32.1. The maximum Gasteiger partial charge on any atom is 0.324 e. The van der Waals surface area contributed by atoms with Crippen molar-refractivity contribution in [2.75, 3.05) is 73.5 Å². The van der Waals surface area contributed by atoms with Crippen LogP contribution in [-0.4, -0.2) is 150 Å². The molecule has 1 saturated carbocycles. The second kappa shape index (κ2) is 22.3. The standard InChI is InChI=1S/C54H69N9O9S/c1-32-44(40-13-17-55-31-57-40)45(32)50(64)59-47-49(71-23-19-61(5)35-27-69-28-35)51-58-42(29-73-51)34-11-12-43-38(25-34)39(26-54(3,4)30-72-53(66)41-10-8-18-63(60-41)52(47)65)48(37-9-7-16-56-46(37)33(2)67-6)62(43)20-24-70-36-14-21-68-22-15-36/h7,9,11-13,16-17,25,29,31-33,35-36,41,44-45,47,49,60H,8,10,14-15,18-24,26-28,30H2,1-6H3,(H,59,64)/t32-,33-,41-,44-,45+,47-,49-/m0/s1. The van der Waals surface area contributed by atoms with Crippen LogP contribution in [0.3, 0.4) is 0 Å². The van der Waals surface area contributed by atoms with Crippen LogP contribution in [0.25, 0.3) is 33.4 Å². The molecule has 2 amide bonds. The second-order valence-corrected chi connectivity index (χ2v) is 21.9. The average molecular weight is 1020 g/mol. The molecule has 19 heteroatoms. The lowest BCUT2D eigenvalue weighted by Crippen LogP contribution is -2.61. The lowest BCUT2D eigenvalue weighted by atomic mass is 9.84. The molecule has 4 aliphatic heterocycles. The van der Waals surface area contributed by atoms with Crippen LogP contribution in [0.2, 0.25) is 0 Å². The van der Waals surface area contributed by atoms with E-state index in [0.29, 0.717) is 82.6 Å². The van der Waals surface area contributed by atoms with Gasteiger partial charge in [0.25, 0.3) is 5.91 Å². The van der Waals surface area contributed by atoms with Crippen LogP contribution in [-0.2, 0) is 55.8 Å². The van der Waals surface area contributed by atoms with Gasteiger partial charge in [-0.1, -0.05) is 26.8 Å². The van der Waals surface area contributed by atoms with E-state index in [1.165, 1.54) is 22.7 Å². The molecule has 5 aliphatic rings. The van der Waals surface area contributed by atoms with E-state index in [2.05, 4.69) is 68.3 Å². The summed E-state index contributed by atoms with van der Waals surface area (Å²) in [7, 11) is 3.73. The molecule has 1 aromatic carbocycles. The van der Waals surface area contributed by atoms with Gasteiger partial charge >= 0.3 is 5.97 Å². The Kier molecular flexibility index (Phi) is 15.7. The van der Waals surface area contributed by atoms with E-state index in [1.54, 1.807) is 19.5 Å². The number of esters is 1. The molecule has 8 heterocycles. The van der Waals surface area contributed by atoms with Crippen molar-refractivity contribution < 1.29 is 42.8 Å². The number of pyridine rings is 1. The summed E-state index contributed by atoms with van der Waals surface area (Å²) in [4.78, 5) is 65.0. The van der Waals surface area contributed by atoms with Crippen LogP contribution in [0, 0.1) is 17.3 Å². The Balaban J connectivity index is 1.08. The molecular weight excluding hydrogens is 951 g/mol.